The maximum absolute atomic E-state index is 13.2. The second kappa shape index (κ2) is 7.22. The lowest BCUT2D eigenvalue weighted by atomic mass is 10.1. The maximum Gasteiger partial charge on any atom is 0.255 e. The van der Waals surface area contributed by atoms with Crippen LogP contribution in [0.4, 0.5) is 5.82 Å². The number of nitrogens with zero attached hydrogens (tertiary/aromatic N) is 3. The molecule has 2 aliphatic heterocycles. The van der Waals surface area contributed by atoms with Gasteiger partial charge in [-0.05, 0) is 37.2 Å². The van der Waals surface area contributed by atoms with E-state index in [0.29, 0.717) is 55.3 Å². The summed E-state index contributed by atoms with van der Waals surface area (Å²) < 4.78 is 1.57. The molecule has 0 radical (unpaired) electrons. The third-order valence-electron chi connectivity index (χ3n) is 7.60. The van der Waals surface area contributed by atoms with Crippen molar-refractivity contribution >= 4 is 51.5 Å². The largest absolute Gasteiger partial charge is 0.365 e. The zero-order chi connectivity index (χ0) is 23.2. The predicted molar refractivity (Wildman–Crippen MR) is 138 cm³/mol. The van der Waals surface area contributed by atoms with Crippen molar-refractivity contribution in [1.29, 1.82) is 0 Å². The van der Waals surface area contributed by atoms with Gasteiger partial charge < -0.3 is 5.32 Å². The fourth-order valence-corrected chi connectivity index (χ4v) is 6.70. The highest BCUT2D eigenvalue weighted by molar-refractivity contribution is 6.38. The molecule has 4 aromatic rings. The minimum absolute atomic E-state index is 0.222. The van der Waals surface area contributed by atoms with E-state index in [0.717, 1.165) is 17.5 Å². The van der Waals surface area contributed by atoms with Gasteiger partial charge in [0.25, 0.3) is 5.56 Å². The van der Waals surface area contributed by atoms with E-state index >= 15 is 0 Å². The summed E-state index contributed by atoms with van der Waals surface area (Å²) in [6, 6.07) is 18.4. The van der Waals surface area contributed by atoms with Crippen LogP contribution in [0, 0.1) is 5.92 Å². The van der Waals surface area contributed by atoms with Gasteiger partial charge in [0.15, 0.2) is 0 Å². The van der Waals surface area contributed by atoms with Crippen molar-refractivity contribution in [3.05, 3.63) is 86.1 Å². The molecule has 3 aliphatic rings. The van der Waals surface area contributed by atoms with Crippen molar-refractivity contribution in [2.45, 2.75) is 18.0 Å². The van der Waals surface area contributed by atoms with Gasteiger partial charge in [0.1, 0.15) is 5.82 Å². The van der Waals surface area contributed by atoms with E-state index < -0.39 is 0 Å². The van der Waals surface area contributed by atoms with E-state index in [2.05, 4.69) is 10.2 Å². The highest BCUT2D eigenvalue weighted by Crippen LogP contribution is 2.66. The number of anilines is 1. The molecule has 4 atom stereocenters. The summed E-state index contributed by atoms with van der Waals surface area (Å²) in [6.07, 6.45) is 1.21. The fourth-order valence-electron chi connectivity index (χ4n) is 5.91. The summed E-state index contributed by atoms with van der Waals surface area (Å²) in [5.74, 6) is 1.37. The van der Waals surface area contributed by atoms with E-state index in [1.807, 2.05) is 30.3 Å². The van der Waals surface area contributed by atoms with Gasteiger partial charge in [0.05, 0.1) is 38.5 Å². The normalized spacial score (nSPS) is 26.3. The number of rotatable bonds is 4. The molecule has 34 heavy (non-hydrogen) atoms. The van der Waals surface area contributed by atoms with E-state index in [9.17, 15) is 4.79 Å². The molecule has 7 rings (SSSR count). The minimum atomic E-state index is -0.222. The smallest absolute Gasteiger partial charge is 0.255 e. The van der Waals surface area contributed by atoms with Gasteiger partial charge in [-0.2, -0.15) is 0 Å². The average Bonchev–Trinajstić information content (AvgIpc) is 3.66. The van der Waals surface area contributed by atoms with Gasteiger partial charge in [-0.3, -0.25) is 14.3 Å². The van der Waals surface area contributed by atoms with Crippen LogP contribution in [0.2, 0.25) is 15.1 Å². The highest BCUT2D eigenvalue weighted by atomic mass is 35.5. The third kappa shape index (κ3) is 2.85. The molecular weight excluding hydrogens is 491 g/mol. The molecule has 3 fully saturated rings. The standard InChI is InChI=1S/C26H19Cl3N4O/c27-17-5-2-1-4-14(17)23-15-8-9-22(34)33(24-18(28)6-3-7-19(24)29)20(15)12-21(30-23)31-25-16-10-11-32-13-26(16,25)32/h1-9,12,16,25H,10-11,13H2,(H,30,31). The first-order chi connectivity index (χ1) is 16.5. The van der Waals surface area contributed by atoms with Crippen molar-refractivity contribution < 1.29 is 0 Å². The first-order valence-corrected chi connectivity index (χ1v) is 12.4. The summed E-state index contributed by atoms with van der Waals surface area (Å²) in [7, 11) is 0. The molecule has 1 N–H and O–H groups in total. The van der Waals surface area contributed by atoms with Gasteiger partial charge in [-0.25, -0.2) is 4.98 Å². The quantitative estimate of drug-likeness (QED) is 0.349. The lowest BCUT2D eigenvalue weighted by molar-refractivity contribution is 0.531. The highest BCUT2D eigenvalue weighted by Gasteiger charge is 2.80. The summed E-state index contributed by atoms with van der Waals surface area (Å²) in [4.78, 5) is 20.7. The van der Waals surface area contributed by atoms with Crippen LogP contribution in [0.25, 0.3) is 27.8 Å². The number of hydrogen-bond donors (Lipinski definition) is 1. The van der Waals surface area contributed by atoms with Gasteiger partial charge in [0.2, 0.25) is 0 Å². The molecule has 170 valence electrons. The molecule has 2 aromatic heterocycles. The van der Waals surface area contributed by atoms with E-state index in [4.69, 9.17) is 39.8 Å². The number of pyridine rings is 2. The Balaban J connectivity index is 1.48. The minimum Gasteiger partial charge on any atom is -0.365 e. The van der Waals surface area contributed by atoms with Crippen LogP contribution >= 0.6 is 34.8 Å². The van der Waals surface area contributed by atoms with Crippen LogP contribution in [-0.4, -0.2) is 39.1 Å². The van der Waals surface area contributed by atoms with Crippen molar-refractivity contribution in [2.75, 3.05) is 18.4 Å². The Bertz CT molecular complexity index is 1550. The molecule has 0 amide bonds. The molecule has 0 bridgehead atoms. The topological polar surface area (TPSA) is 49.9 Å². The summed E-state index contributed by atoms with van der Waals surface area (Å²) in [5.41, 5.74) is 2.72. The van der Waals surface area contributed by atoms with Gasteiger partial charge in [-0.1, -0.05) is 59.1 Å². The number of hydrogen-bond acceptors (Lipinski definition) is 4. The molecule has 4 unspecified atom stereocenters. The second-order valence-electron chi connectivity index (χ2n) is 9.28. The van der Waals surface area contributed by atoms with Crippen molar-refractivity contribution in [3.8, 4) is 16.9 Å². The zero-order valence-corrected chi connectivity index (χ0v) is 20.2. The Hall–Kier alpha value is -2.57. The maximum atomic E-state index is 13.2. The lowest BCUT2D eigenvalue weighted by Crippen LogP contribution is -2.20. The number of halogens is 3. The van der Waals surface area contributed by atoms with Gasteiger partial charge >= 0.3 is 0 Å². The number of nitrogens with one attached hydrogen (secondary N) is 1. The molecule has 2 saturated heterocycles. The first kappa shape index (κ1) is 20.8. The first-order valence-electron chi connectivity index (χ1n) is 11.3. The van der Waals surface area contributed by atoms with Crippen molar-refractivity contribution in [2.24, 2.45) is 5.92 Å². The lowest BCUT2D eigenvalue weighted by Gasteiger charge is -2.18. The Kier molecular flexibility index (Phi) is 4.41. The van der Waals surface area contributed by atoms with Gasteiger partial charge in [-0.15, -0.1) is 0 Å². The van der Waals surface area contributed by atoms with E-state index in [1.165, 1.54) is 19.0 Å². The van der Waals surface area contributed by atoms with Crippen molar-refractivity contribution in [1.82, 2.24) is 14.5 Å². The van der Waals surface area contributed by atoms with Crippen molar-refractivity contribution in [3.63, 3.8) is 0 Å². The van der Waals surface area contributed by atoms with Crippen LogP contribution in [0.3, 0.4) is 0 Å². The third-order valence-corrected chi connectivity index (χ3v) is 8.54. The number of fused-ring (bicyclic) bond motifs is 1. The van der Waals surface area contributed by atoms with Crippen LogP contribution in [0.1, 0.15) is 6.42 Å². The van der Waals surface area contributed by atoms with Crippen LogP contribution in [-0.2, 0) is 0 Å². The molecule has 1 aliphatic carbocycles. The Morgan fingerprint density at radius 1 is 0.971 bits per heavy atom. The summed E-state index contributed by atoms with van der Waals surface area (Å²) in [6.45, 7) is 2.34. The Labute approximate surface area is 210 Å². The fraction of sp³-hybridized carbons (Fsp3) is 0.231. The number of piperidine rings is 2. The Morgan fingerprint density at radius 2 is 1.74 bits per heavy atom. The van der Waals surface area contributed by atoms with E-state index in [1.54, 1.807) is 28.8 Å². The zero-order valence-electron chi connectivity index (χ0n) is 17.9. The number of aromatic nitrogens is 2. The second-order valence-corrected chi connectivity index (χ2v) is 10.5. The molecular formula is C26H19Cl3N4O. The molecule has 1 spiro atoms. The molecule has 5 nitrogen and oxygen atoms in total. The SMILES string of the molecule is O=c1ccc2c(-c3ccccc3Cl)nc(NC3C4CCN5CC435)cc2n1-c1c(Cl)cccc1Cl. The molecule has 2 aromatic carbocycles. The Morgan fingerprint density at radius 3 is 2.44 bits per heavy atom. The molecule has 4 heterocycles. The van der Waals surface area contributed by atoms with Crippen LogP contribution in [0.15, 0.2) is 65.5 Å². The molecule has 1 saturated carbocycles. The number of para-hydroxylation sites is 1. The average molecular weight is 510 g/mol. The van der Waals surface area contributed by atoms with Crippen LogP contribution in [0.5, 0.6) is 0 Å². The predicted octanol–water partition coefficient (Wildman–Crippen LogP) is 5.88. The number of benzene rings is 2. The van der Waals surface area contributed by atoms with Crippen LogP contribution < -0.4 is 10.9 Å². The summed E-state index contributed by atoms with van der Waals surface area (Å²) >= 11 is 19.7. The summed E-state index contributed by atoms with van der Waals surface area (Å²) in [5, 5.41) is 5.85. The molecule has 8 heteroatoms. The van der Waals surface area contributed by atoms with E-state index in [-0.39, 0.29) is 5.56 Å². The monoisotopic (exact) mass is 508 g/mol. The van der Waals surface area contributed by atoms with Gasteiger partial charge in [0, 0.05) is 40.6 Å².